The van der Waals surface area contributed by atoms with Gasteiger partial charge in [-0.2, -0.15) is 0 Å². The Hall–Kier alpha value is -2.38. The summed E-state index contributed by atoms with van der Waals surface area (Å²) in [6.45, 7) is 11.9. The third-order valence-electron chi connectivity index (χ3n) is 2.72. The summed E-state index contributed by atoms with van der Waals surface area (Å²) >= 11 is 0. The summed E-state index contributed by atoms with van der Waals surface area (Å²) < 4.78 is 4.90. The lowest BCUT2D eigenvalue weighted by molar-refractivity contribution is 0.194. The SMILES string of the molecule is C=CCOCC=C.C=Cc1ccc(-c2ccccc2)cc1. The van der Waals surface area contributed by atoms with Gasteiger partial charge in [0.1, 0.15) is 0 Å². The number of hydrogen-bond donors (Lipinski definition) is 0. The summed E-state index contributed by atoms with van der Waals surface area (Å²) in [7, 11) is 0. The molecular formula is C20H22O. The van der Waals surface area contributed by atoms with E-state index in [-0.39, 0.29) is 0 Å². The molecule has 1 heteroatoms. The molecule has 0 saturated heterocycles. The molecule has 0 aliphatic rings. The Bertz CT molecular complexity index is 530. The van der Waals surface area contributed by atoms with Crippen LogP contribution in [0.3, 0.4) is 0 Å². The van der Waals surface area contributed by atoms with E-state index in [0.717, 1.165) is 5.56 Å². The van der Waals surface area contributed by atoms with Gasteiger partial charge >= 0.3 is 0 Å². The van der Waals surface area contributed by atoms with Gasteiger partial charge in [0.25, 0.3) is 0 Å². The first kappa shape index (κ1) is 16.7. The summed E-state index contributed by atoms with van der Waals surface area (Å²) in [4.78, 5) is 0. The zero-order chi connectivity index (χ0) is 15.3. The minimum Gasteiger partial charge on any atom is -0.373 e. The van der Waals surface area contributed by atoms with Crippen LogP contribution < -0.4 is 0 Å². The summed E-state index contributed by atoms with van der Waals surface area (Å²) in [5.41, 5.74) is 3.66. The van der Waals surface area contributed by atoms with Crippen LogP contribution in [-0.2, 0) is 4.74 Å². The molecule has 0 saturated carbocycles. The van der Waals surface area contributed by atoms with Crippen molar-refractivity contribution < 1.29 is 4.74 Å². The average molecular weight is 278 g/mol. The van der Waals surface area contributed by atoms with Crippen LogP contribution in [0.2, 0.25) is 0 Å². The van der Waals surface area contributed by atoms with E-state index in [1.165, 1.54) is 11.1 Å². The molecule has 21 heavy (non-hydrogen) atoms. The van der Waals surface area contributed by atoms with Crippen molar-refractivity contribution in [3.05, 3.63) is 92.0 Å². The first-order valence-corrected chi connectivity index (χ1v) is 6.89. The molecule has 108 valence electrons. The Kier molecular flexibility index (Phi) is 8.27. The van der Waals surface area contributed by atoms with E-state index in [9.17, 15) is 0 Å². The molecule has 0 N–H and O–H groups in total. The predicted molar refractivity (Wildman–Crippen MR) is 93.2 cm³/mol. The van der Waals surface area contributed by atoms with E-state index in [1.807, 2.05) is 12.1 Å². The smallest absolute Gasteiger partial charge is 0.0649 e. The maximum absolute atomic E-state index is 4.90. The van der Waals surface area contributed by atoms with Gasteiger partial charge in [-0.25, -0.2) is 0 Å². The lowest BCUT2D eigenvalue weighted by Crippen LogP contribution is -1.87. The zero-order valence-electron chi connectivity index (χ0n) is 12.4. The van der Waals surface area contributed by atoms with Crippen molar-refractivity contribution in [2.75, 3.05) is 13.2 Å². The van der Waals surface area contributed by atoms with Gasteiger partial charge in [0, 0.05) is 0 Å². The van der Waals surface area contributed by atoms with Crippen molar-refractivity contribution in [2.45, 2.75) is 0 Å². The Balaban J connectivity index is 0.000000270. The van der Waals surface area contributed by atoms with Crippen molar-refractivity contribution in [3.63, 3.8) is 0 Å². The Morgan fingerprint density at radius 2 is 1.24 bits per heavy atom. The Labute approximate surface area is 127 Å². The topological polar surface area (TPSA) is 9.23 Å². The van der Waals surface area contributed by atoms with Gasteiger partial charge in [0.05, 0.1) is 13.2 Å². The quantitative estimate of drug-likeness (QED) is 0.509. The van der Waals surface area contributed by atoms with E-state index >= 15 is 0 Å². The van der Waals surface area contributed by atoms with Crippen molar-refractivity contribution in [3.8, 4) is 11.1 Å². The maximum Gasteiger partial charge on any atom is 0.0649 e. The van der Waals surface area contributed by atoms with Crippen LogP contribution in [0, 0.1) is 0 Å². The fourth-order valence-corrected chi connectivity index (χ4v) is 1.68. The number of hydrogen-bond acceptors (Lipinski definition) is 1. The van der Waals surface area contributed by atoms with Crippen LogP contribution in [0.5, 0.6) is 0 Å². The van der Waals surface area contributed by atoms with Crippen molar-refractivity contribution in [2.24, 2.45) is 0 Å². The lowest BCUT2D eigenvalue weighted by Gasteiger charge is -2.01. The molecule has 0 radical (unpaired) electrons. The van der Waals surface area contributed by atoms with Crippen LogP contribution in [0.15, 0.2) is 86.5 Å². The van der Waals surface area contributed by atoms with Gasteiger partial charge in [-0.05, 0) is 16.7 Å². The molecule has 2 aromatic carbocycles. The van der Waals surface area contributed by atoms with Crippen LogP contribution in [-0.4, -0.2) is 13.2 Å². The summed E-state index contributed by atoms with van der Waals surface area (Å²) in [5.74, 6) is 0. The molecule has 0 spiro atoms. The first-order chi connectivity index (χ1) is 10.3. The number of rotatable bonds is 6. The highest BCUT2D eigenvalue weighted by molar-refractivity contribution is 5.65. The van der Waals surface area contributed by atoms with Crippen molar-refractivity contribution in [1.29, 1.82) is 0 Å². The number of ether oxygens (including phenoxy) is 1. The van der Waals surface area contributed by atoms with Gasteiger partial charge in [0.2, 0.25) is 0 Å². The molecule has 0 aromatic heterocycles. The van der Waals surface area contributed by atoms with Gasteiger partial charge in [-0.1, -0.05) is 79.4 Å². The highest BCUT2D eigenvalue weighted by atomic mass is 16.5. The summed E-state index contributed by atoms with van der Waals surface area (Å²) in [6.07, 6.45) is 5.28. The predicted octanol–water partition coefficient (Wildman–Crippen LogP) is 5.37. The highest BCUT2D eigenvalue weighted by Gasteiger charge is 1.94. The van der Waals surface area contributed by atoms with E-state index in [1.54, 1.807) is 12.2 Å². The summed E-state index contributed by atoms with van der Waals surface area (Å²) in [5, 5.41) is 0. The molecule has 0 atom stereocenters. The fourth-order valence-electron chi connectivity index (χ4n) is 1.68. The molecule has 0 aliphatic heterocycles. The molecule has 0 unspecified atom stereocenters. The van der Waals surface area contributed by atoms with E-state index in [0.29, 0.717) is 13.2 Å². The normalized spacial score (nSPS) is 9.14. The van der Waals surface area contributed by atoms with Gasteiger partial charge in [-0.3, -0.25) is 0 Å². The van der Waals surface area contributed by atoms with Crippen LogP contribution in [0.25, 0.3) is 17.2 Å². The average Bonchev–Trinajstić information content (AvgIpc) is 2.57. The van der Waals surface area contributed by atoms with E-state index in [2.05, 4.69) is 68.3 Å². The summed E-state index contributed by atoms with van der Waals surface area (Å²) in [6, 6.07) is 18.8. The first-order valence-electron chi connectivity index (χ1n) is 6.89. The van der Waals surface area contributed by atoms with E-state index in [4.69, 9.17) is 4.74 Å². The molecule has 0 heterocycles. The largest absolute Gasteiger partial charge is 0.373 e. The Morgan fingerprint density at radius 1 is 0.714 bits per heavy atom. The standard InChI is InChI=1S/C14H12.C6H10O/c1-2-12-8-10-14(11-9-12)13-6-4-3-5-7-13;1-3-5-7-6-4-2/h2-11H,1H2;3-4H,1-2,5-6H2. The van der Waals surface area contributed by atoms with Crippen LogP contribution >= 0.6 is 0 Å². The second-order valence-corrected chi connectivity index (χ2v) is 4.31. The molecule has 0 bridgehead atoms. The zero-order valence-corrected chi connectivity index (χ0v) is 12.4. The Morgan fingerprint density at radius 3 is 1.71 bits per heavy atom. The van der Waals surface area contributed by atoms with Crippen molar-refractivity contribution >= 4 is 6.08 Å². The monoisotopic (exact) mass is 278 g/mol. The molecule has 0 amide bonds. The van der Waals surface area contributed by atoms with E-state index < -0.39 is 0 Å². The van der Waals surface area contributed by atoms with Crippen LogP contribution in [0.1, 0.15) is 5.56 Å². The number of benzene rings is 2. The van der Waals surface area contributed by atoms with Crippen molar-refractivity contribution in [1.82, 2.24) is 0 Å². The third kappa shape index (κ3) is 6.55. The fraction of sp³-hybridized carbons (Fsp3) is 0.100. The van der Waals surface area contributed by atoms with Gasteiger partial charge in [0.15, 0.2) is 0 Å². The molecule has 2 rings (SSSR count). The third-order valence-corrected chi connectivity index (χ3v) is 2.72. The molecular weight excluding hydrogens is 256 g/mol. The van der Waals surface area contributed by atoms with Crippen LogP contribution in [0.4, 0.5) is 0 Å². The van der Waals surface area contributed by atoms with Gasteiger partial charge in [-0.15, -0.1) is 13.2 Å². The molecule has 1 nitrogen and oxygen atoms in total. The van der Waals surface area contributed by atoms with Gasteiger partial charge < -0.3 is 4.74 Å². The second kappa shape index (κ2) is 10.4. The molecule has 0 fully saturated rings. The highest BCUT2D eigenvalue weighted by Crippen LogP contribution is 2.19. The molecule has 2 aromatic rings. The molecule has 0 aliphatic carbocycles. The minimum absolute atomic E-state index is 0.617. The second-order valence-electron chi connectivity index (χ2n) is 4.31. The lowest BCUT2D eigenvalue weighted by atomic mass is 10.0. The maximum atomic E-state index is 4.90. The minimum atomic E-state index is 0.617.